The van der Waals surface area contributed by atoms with Crippen molar-refractivity contribution in [3.63, 3.8) is 0 Å². The lowest BCUT2D eigenvalue weighted by Crippen LogP contribution is -2.10. The summed E-state index contributed by atoms with van der Waals surface area (Å²) in [5.74, 6) is -2.54. The van der Waals surface area contributed by atoms with E-state index in [0.717, 1.165) is 18.9 Å². The summed E-state index contributed by atoms with van der Waals surface area (Å²) < 4.78 is 28.6. The zero-order valence-corrected chi connectivity index (χ0v) is 11.6. The predicted octanol–water partition coefficient (Wildman–Crippen LogP) is 3.70. The minimum atomic E-state index is -1.09. The number of benzene rings is 1. The first-order valence-corrected chi connectivity index (χ1v) is 7.16. The van der Waals surface area contributed by atoms with Gasteiger partial charge in [0.2, 0.25) is 0 Å². The Morgan fingerprint density at radius 1 is 1.24 bits per heavy atom. The third-order valence-corrected chi connectivity index (χ3v) is 3.96. The van der Waals surface area contributed by atoms with Gasteiger partial charge in [0, 0.05) is 6.20 Å². The number of rotatable bonds is 4. The van der Waals surface area contributed by atoms with Gasteiger partial charge in [0.15, 0.2) is 17.4 Å². The molecule has 0 spiro atoms. The van der Waals surface area contributed by atoms with Crippen LogP contribution in [0, 0.1) is 11.6 Å². The fraction of sp³-hybridized carbons (Fsp3) is 0.375. The average molecular weight is 290 g/mol. The highest BCUT2D eigenvalue weighted by Crippen LogP contribution is 2.28. The van der Waals surface area contributed by atoms with Crippen LogP contribution in [0.2, 0.25) is 0 Å². The number of aromatic nitrogens is 2. The van der Waals surface area contributed by atoms with E-state index in [2.05, 4.69) is 5.10 Å². The number of carbonyl (C=O) groups excluding carboxylic acids is 1. The van der Waals surface area contributed by atoms with Gasteiger partial charge in [-0.3, -0.25) is 9.48 Å². The van der Waals surface area contributed by atoms with Gasteiger partial charge >= 0.3 is 0 Å². The summed E-state index contributed by atoms with van der Waals surface area (Å²) in [5, 5.41) is 4.39. The number of ketones is 1. The standard InChI is InChI=1S/C16H16F2N2O/c17-14-7-3-6-13(16(14)18)15(21)10-11-8-9-20(19-11)12-4-1-2-5-12/h3,6-9,12H,1-2,4-5,10H2. The number of carbonyl (C=O) groups is 1. The minimum Gasteiger partial charge on any atom is -0.294 e. The van der Waals surface area contributed by atoms with Crippen LogP contribution in [0.1, 0.15) is 47.8 Å². The van der Waals surface area contributed by atoms with Gasteiger partial charge in [-0.05, 0) is 31.0 Å². The Balaban J connectivity index is 1.74. The Labute approximate surface area is 121 Å². The third-order valence-electron chi connectivity index (χ3n) is 3.96. The normalized spacial score (nSPS) is 15.5. The lowest BCUT2D eigenvalue weighted by molar-refractivity contribution is 0.0986. The Bertz CT molecular complexity index is 660. The van der Waals surface area contributed by atoms with Crippen LogP contribution < -0.4 is 0 Å². The fourth-order valence-corrected chi connectivity index (χ4v) is 2.82. The second kappa shape index (κ2) is 5.76. The van der Waals surface area contributed by atoms with Crippen LogP contribution >= 0.6 is 0 Å². The number of hydrogen-bond acceptors (Lipinski definition) is 2. The van der Waals surface area contributed by atoms with Crippen LogP contribution in [0.5, 0.6) is 0 Å². The lowest BCUT2D eigenvalue weighted by atomic mass is 10.1. The summed E-state index contributed by atoms with van der Waals surface area (Å²) in [6.07, 6.45) is 6.46. The van der Waals surface area contributed by atoms with Crippen LogP contribution in [0.3, 0.4) is 0 Å². The van der Waals surface area contributed by atoms with E-state index >= 15 is 0 Å². The van der Waals surface area contributed by atoms with Crippen LogP contribution in [-0.4, -0.2) is 15.6 Å². The van der Waals surface area contributed by atoms with E-state index in [1.165, 1.54) is 25.0 Å². The second-order valence-electron chi connectivity index (χ2n) is 5.43. The molecule has 1 fully saturated rings. The van der Waals surface area contributed by atoms with Gasteiger partial charge in [0.25, 0.3) is 0 Å². The Kier molecular flexibility index (Phi) is 3.82. The molecule has 3 nitrogen and oxygen atoms in total. The van der Waals surface area contributed by atoms with Crippen molar-refractivity contribution in [1.29, 1.82) is 0 Å². The molecule has 1 saturated carbocycles. The van der Waals surface area contributed by atoms with Gasteiger partial charge in [-0.15, -0.1) is 0 Å². The van der Waals surface area contributed by atoms with Crippen molar-refractivity contribution < 1.29 is 13.6 Å². The zero-order chi connectivity index (χ0) is 14.8. The molecule has 5 heteroatoms. The average Bonchev–Trinajstić information content (AvgIpc) is 3.12. The molecule has 1 aromatic heterocycles. The molecular formula is C16H16F2N2O. The first-order valence-electron chi connectivity index (χ1n) is 7.16. The molecule has 21 heavy (non-hydrogen) atoms. The topological polar surface area (TPSA) is 34.9 Å². The van der Waals surface area contributed by atoms with Crippen LogP contribution in [0.4, 0.5) is 8.78 Å². The first kappa shape index (κ1) is 13.9. The summed E-state index contributed by atoms with van der Waals surface area (Å²) in [7, 11) is 0. The van der Waals surface area contributed by atoms with Crippen molar-refractivity contribution >= 4 is 5.78 Å². The lowest BCUT2D eigenvalue weighted by Gasteiger charge is -2.08. The van der Waals surface area contributed by atoms with E-state index in [1.54, 1.807) is 6.07 Å². The molecule has 0 saturated heterocycles. The van der Waals surface area contributed by atoms with Gasteiger partial charge in [0.1, 0.15) is 0 Å². The number of halogens is 2. The van der Waals surface area contributed by atoms with Crippen molar-refractivity contribution in [2.45, 2.75) is 38.1 Å². The maximum atomic E-state index is 13.6. The van der Waals surface area contributed by atoms with Crippen LogP contribution in [0.25, 0.3) is 0 Å². The molecule has 0 unspecified atom stereocenters. The van der Waals surface area contributed by atoms with Gasteiger partial charge in [-0.25, -0.2) is 8.78 Å². The summed E-state index contributed by atoms with van der Waals surface area (Å²) in [4.78, 5) is 12.1. The van der Waals surface area contributed by atoms with E-state index < -0.39 is 17.4 Å². The van der Waals surface area contributed by atoms with Crippen molar-refractivity contribution in [3.05, 3.63) is 53.4 Å². The molecule has 0 bridgehead atoms. The highest BCUT2D eigenvalue weighted by atomic mass is 19.2. The highest BCUT2D eigenvalue weighted by Gasteiger charge is 2.19. The SMILES string of the molecule is O=C(Cc1ccn(C2CCCC2)n1)c1cccc(F)c1F. The van der Waals surface area contributed by atoms with Gasteiger partial charge in [-0.1, -0.05) is 18.9 Å². The molecule has 1 aliphatic carbocycles. The second-order valence-corrected chi connectivity index (χ2v) is 5.43. The van der Waals surface area contributed by atoms with Gasteiger partial charge < -0.3 is 0 Å². The molecule has 0 amide bonds. The molecule has 0 atom stereocenters. The summed E-state index contributed by atoms with van der Waals surface area (Å²) in [5.41, 5.74) is 0.376. The Hall–Kier alpha value is -2.04. The third kappa shape index (κ3) is 2.86. The summed E-state index contributed by atoms with van der Waals surface area (Å²) in [6.45, 7) is 0. The molecular weight excluding hydrogens is 274 g/mol. The highest BCUT2D eigenvalue weighted by molar-refractivity contribution is 5.97. The van der Waals surface area contributed by atoms with Crippen molar-refractivity contribution in [2.24, 2.45) is 0 Å². The van der Waals surface area contributed by atoms with Crippen molar-refractivity contribution in [2.75, 3.05) is 0 Å². The van der Waals surface area contributed by atoms with Gasteiger partial charge in [0.05, 0.1) is 23.7 Å². The number of nitrogens with zero attached hydrogens (tertiary/aromatic N) is 2. The van der Waals surface area contributed by atoms with E-state index in [4.69, 9.17) is 0 Å². The maximum Gasteiger partial charge on any atom is 0.171 e. The Morgan fingerprint density at radius 2 is 2.00 bits per heavy atom. The van der Waals surface area contributed by atoms with Crippen LogP contribution in [0.15, 0.2) is 30.5 Å². The summed E-state index contributed by atoms with van der Waals surface area (Å²) >= 11 is 0. The molecule has 0 aliphatic heterocycles. The van der Waals surface area contributed by atoms with Crippen molar-refractivity contribution in [3.8, 4) is 0 Å². The van der Waals surface area contributed by atoms with Crippen molar-refractivity contribution in [1.82, 2.24) is 9.78 Å². The van der Waals surface area contributed by atoms with E-state index in [-0.39, 0.29) is 12.0 Å². The molecule has 110 valence electrons. The number of hydrogen-bond donors (Lipinski definition) is 0. The quantitative estimate of drug-likeness (QED) is 0.805. The molecule has 1 heterocycles. The first-order chi connectivity index (χ1) is 10.1. The van der Waals surface area contributed by atoms with E-state index in [9.17, 15) is 13.6 Å². The maximum absolute atomic E-state index is 13.6. The fourth-order valence-electron chi connectivity index (χ4n) is 2.82. The van der Waals surface area contributed by atoms with E-state index in [0.29, 0.717) is 11.7 Å². The minimum absolute atomic E-state index is 0.0138. The monoisotopic (exact) mass is 290 g/mol. The molecule has 1 aliphatic rings. The Morgan fingerprint density at radius 3 is 2.76 bits per heavy atom. The van der Waals surface area contributed by atoms with Gasteiger partial charge in [-0.2, -0.15) is 5.10 Å². The zero-order valence-electron chi connectivity index (χ0n) is 11.6. The summed E-state index contributed by atoms with van der Waals surface area (Å²) in [6, 6.07) is 5.81. The van der Waals surface area contributed by atoms with Crippen LogP contribution in [-0.2, 0) is 6.42 Å². The molecule has 3 rings (SSSR count). The molecule has 1 aromatic carbocycles. The smallest absolute Gasteiger partial charge is 0.171 e. The molecule has 2 aromatic rings. The van der Waals surface area contributed by atoms with E-state index in [1.807, 2.05) is 10.9 Å². The largest absolute Gasteiger partial charge is 0.294 e. The predicted molar refractivity (Wildman–Crippen MR) is 74.1 cm³/mol. The molecule has 0 N–H and O–H groups in total. The number of Topliss-reactive ketones (excluding diaryl/α,β-unsaturated/α-hetero) is 1. The molecule has 0 radical (unpaired) electrons.